The van der Waals surface area contributed by atoms with E-state index in [0.29, 0.717) is 0 Å². The van der Waals surface area contributed by atoms with Crippen molar-refractivity contribution in [3.05, 3.63) is 124 Å². The zero-order chi connectivity index (χ0) is 25.0. The van der Waals surface area contributed by atoms with Crippen LogP contribution in [0.5, 0.6) is 0 Å². The summed E-state index contributed by atoms with van der Waals surface area (Å²) >= 11 is 0. The van der Waals surface area contributed by atoms with Crippen LogP contribution in [0.3, 0.4) is 0 Å². The number of benzene rings is 3. The highest BCUT2D eigenvalue weighted by atomic mass is 19.2. The van der Waals surface area contributed by atoms with E-state index < -0.39 is 79.9 Å². The molecule has 10 heteroatoms. The molecule has 0 fully saturated rings. The van der Waals surface area contributed by atoms with E-state index in [-0.39, 0.29) is 0 Å². The van der Waals surface area contributed by atoms with Gasteiger partial charge in [0.1, 0.15) is 16.8 Å². The molecule has 34 heavy (non-hydrogen) atoms. The zero-order valence-corrected chi connectivity index (χ0v) is 17.0. The van der Waals surface area contributed by atoms with Crippen LogP contribution in [0.15, 0.2) is 83.8 Å². The van der Waals surface area contributed by atoms with Gasteiger partial charge in [0, 0.05) is 0 Å². The van der Waals surface area contributed by atoms with Crippen molar-refractivity contribution in [3.8, 4) is 0 Å². The maximum atomic E-state index is 17.2. The van der Waals surface area contributed by atoms with Gasteiger partial charge in [0.15, 0.2) is 40.7 Å². The van der Waals surface area contributed by atoms with Crippen LogP contribution in [0, 0.1) is 23.3 Å². The van der Waals surface area contributed by atoms with E-state index in [1.54, 1.807) is 0 Å². The smallest absolute Gasteiger partial charge is 0.209 e. The van der Waals surface area contributed by atoms with Crippen molar-refractivity contribution in [3.63, 3.8) is 0 Å². The molecule has 4 rings (SSSR count). The summed E-state index contributed by atoms with van der Waals surface area (Å²) in [5, 5.41) is 0. The van der Waals surface area contributed by atoms with E-state index >= 15 is 22.0 Å². The molecular formula is C24H14F8N2. The molecular weight excluding hydrogens is 468 g/mol. The minimum atomic E-state index is -4.00. The Kier molecular flexibility index (Phi) is 5.42. The van der Waals surface area contributed by atoms with Crippen molar-refractivity contribution in [1.29, 1.82) is 0 Å². The van der Waals surface area contributed by atoms with Crippen LogP contribution in [0.25, 0.3) is 0 Å². The van der Waals surface area contributed by atoms with E-state index in [0.717, 1.165) is 36.4 Å². The van der Waals surface area contributed by atoms with Crippen LogP contribution in [-0.2, 0) is 11.1 Å². The topological polar surface area (TPSA) is 52.0 Å². The van der Waals surface area contributed by atoms with Gasteiger partial charge < -0.3 is 11.5 Å². The van der Waals surface area contributed by atoms with Crippen molar-refractivity contribution in [2.24, 2.45) is 5.73 Å². The Bertz CT molecular complexity index is 1330. The summed E-state index contributed by atoms with van der Waals surface area (Å²) in [6.45, 7) is 0. The van der Waals surface area contributed by atoms with Gasteiger partial charge in [0.2, 0.25) is 5.67 Å². The SMILES string of the molecule is NC1=C(F)C(F)(c2ccccc2)C(c2ccccc2)(c2c(F)c(F)c(N)c(F)c2F)C(F)=C1F. The molecule has 0 spiro atoms. The Hall–Kier alpha value is -3.82. The van der Waals surface area contributed by atoms with Crippen LogP contribution in [-0.4, -0.2) is 0 Å². The number of anilines is 1. The highest BCUT2D eigenvalue weighted by molar-refractivity contribution is 5.64. The molecule has 0 bridgehead atoms. The average molecular weight is 482 g/mol. The van der Waals surface area contributed by atoms with Gasteiger partial charge in [-0.3, -0.25) is 0 Å². The van der Waals surface area contributed by atoms with Gasteiger partial charge in [-0.1, -0.05) is 60.7 Å². The Morgan fingerprint density at radius 1 is 0.559 bits per heavy atom. The van der Waals surface area contributed by atoms with Gasteiger partial charge in [-0.15, -0.1) is 0 Å². The second-order valence-corrected chi connectivity index (χ2v) is 7.54. The minimum Gasteiger partial charge on any atom is -0.394 e. The van der Waals surface area contributed by atoms with E-state index in [2.05, 4.69) is 0 Å². The fourth-order valence-corrected chi connectivity index (χ4v) is 4.31. The Labute approximate surface area is 187 Å². The minimum absolute atomic E-state index is 0.765. The number of hydrogen-bond acceptors (Lipinski definition) is 2. The van der Waals surface area contributed by atoms with Crippen molar-refractivity contribution in [2.75, 3.05) is 5.73 Å². The lowest BCUT2D eigenvalue weighted by Gasteiger charge is -2.47. The zero-order valence-electron chi connectivity index (χ0n) is 17.0. The summed E-state index contributed by atoms with van der Waals surface area (Å²) in [6, 6.07) is 11.0. The standard InChI is InChI=1S/C24H14F8N2/c25-14-13(15(26)17(28)19(33)16(14)27)23(11-7-3-1-4-8-11)21(30)18(29)20(34)22(31)24(23,32)12-9-5-2-6-10-12/h1-10H,33-34H2. The first kappa shape index (κ1) is 23.3. The number of hydrogen-bond donors (Lipinski definition) is 2. The Balaban J connectivity index is 2.36. The van der Waals surface area contributed by atoms with Gasteiger partial charge >= 0.3 is 0 Å². The number of allylic oxidation sites excluding steroid dienone is 3. The Morgan fingerprint density at radius 2 is 1.00 bits per heavy atom. The predicted octanol–water partition coefficient (Wildman–Crippen LogP) is 6.28. The molecule has 0 aliphatic heterocycles. The molecule has 1 aliphatic carbocycles. The summed E-state index contributed by atoms with van der Waals surface area (Å²) < 4.78 is 123. The predicted molar refractivity (Wildman–Crippen MR) is 109 cm³/mol. The average Bonchev–Trinajstić information content (AvgIpc) is 2.87. The van der Waals surface area contributed by atoms with Crippen LogP contribution in [0.1, 0.15) is 16.7 Å². The van der Waals surface area contributed by atoms with Gasteiger partial charge in [-0.05, 0) is 11.1 Å². The summed E-state index contributed by atoms with van der Waals surface area (Å²) in [7, 11) is 0. The fraction of sp³-hybridized carbons (Fsp3) is 0.0833. The second-order valence-electron chi connectivity index (χ2n) is 7.54. The number of nitrogens with two attached hydrogens (primary N) is 2. The fourth-order valence-electron chi connectivity index (χ4n) is 4.31. The van der Waals surface area contributed by atoms with E-state index in [1.807, 2.05) is 0 Å². The summed E-state index contributed by atoms with van der Waals surface area (Å²) in [6.07, 6.45) is 0. The molecule has 4 N–H and O–H groups in total. The quantitative estimate of drug-likeness (QED) is 0.262. The van der Waals surface area contributed by atoms with Gasteiger partial charge in [0.05, 0.1) is 5.56 Å². The molecule has 0 aromatic heterocycles. The van der Waals surface area contributed by atoms with Gasteiger partial charge in [0.25, 0.3) is 0 Å². The van der Waals surface area contributed by atoms with Gasteiger partial charge in [-0.25, -0.2) is 35.1 Å². The first-order valence-electron chi connectivity index (χ1n) is 9.66. The number of alkyl halides is 1. The summed E-state index contributed by atoms with van der Waals surface area (Å²) in [5.41, 5.74) is -4.17. The number of rotatable bonds is 3. The van der Waals surface area contributed by atoms with Crippen molar-refractivity contribution < 1.29 is 35.1 Å². The highest BCUT2D eigenvalue weighted by Crippen LogP contribution is 2.63. The first-order valence-corrected chi connectivity index (χ1v) is 9.66. The van der Waals surface area contributed by atoms with Crippen LogP contribution < -0.4 is 11.5 Å². The van der Waals surface area contributed by atoms with Gasteiger partial charge in [-0.2, -0.15) is 0 Å². The third kappa shape index (κ3) is 2.74. The van der Waals surface area contributed by atoms with E-state index in [9.17, 15) is 13.2 Å². The van der Waals surface area contributed by atoms with Crippen LogP contribution >= 0.6 is 0 Å². The molecule has 0 saturated heterocycles. The lowest BCUT2D eigenvalue weighted by atomic mass is 9.58. The van der Waals surface area contributed by atoms with Crippen molar-refractivity contribution in [2.45, 2.75) is 11.1 Å². The first-order chi connectivity index (χ1) is 16.0. The molecule has 2 nitrogen and oxygen atoms in total. The molecule has 2 unspecified atom stereocenters. The Morgan fingerprint density at radius 3 is 1.47 bits per heavy atom. The van der Waals surface area contributed by atoms with Crippen molar-refractivity contribution in [1.82, 2.24) is 0 Å². The molecule has 3 aromatic carbocycles. The maximum absolute atomic E-state index is 17.2. The summed E-state index contributed by atoms with van der Waals surface area (Å²) in [4.78, 5) is 0. The highest BCUT2D eigenvalue weighted by Gasteiger charge is 2.68. The normalized spacial score (nSPS) is 22.9. The van der Waals surface area contributed by atoms with Crippen LogP contribution in [0.2, 0.25) is 0 Å². The third-order valence-corrected chi connectivity index (χ3v) is 5.86. The summed E-state index contributed by atoms with van der Waals surface area (Å²) in [5.74, 6) is -15.7. The molecule has 0 radical (unpaired) electrons. The lowest BCUT2D eigenvalue weighted by molar-refractivity contribution is 0.0751. The van der Waals surface area contributed by atoms with Crippen molar-refractivity contribution >= 4 is 5.69 Å². The second kappa shape index (κ2) is 7.89. The lowest BCUT2D eigenvalue weighted by Crippen LogP contribution is -2.53. The third-order valence-electron chi connectivity index (χ3n) is 5.86. The maximum Gasteiger partial charge on any atom is 0.209 e. The molecule has 2 atom stereocenters. The molecule has 0 saturated carbocycles. The molecule has 0 heterocycles. The monoisotopic (exact) mass is 482 g/mol. The van der Waals surface area contributed by atoms with E-state index in [4.69, 9.17) is 11.5 Å². The molecule has 3 aromatic rings. The van der Waals surface area contributed by atoms with E-state index in [1.165, 1.54) is 24.3 Å². The van der Waals surface area contributed by atoms with Crippen LogP contribution in [0.4, 0.5) is 40.8 Å². The molecule has 176 valence electrons. The number of halogens is 8. The number of nitrogen functional groups attached to an aromatic ring is 1. The molecule has 0 amide bonds. The largest absolute Gasteiger partial charge is 0.394 e. The molecule has 1 aliphatic rings.